The van der Waals surface area contributed by atoms with E-state index in [-0.39, 0.29) is 48.0 Å². The van der Waals surface area contributed by atoms with Crippen LogP contribution in [0.1, 0.15) is 19.8 Å². The molecule has 1 rings (SSSR count). The third kappa shape index (κ3) is 6.14. The maximum Gasteiger partial charge on any atom is -1.00 e. The Hall–Kier alpha value is 0.943. The fraction of sp³-hybridized carbons (Fsp3) is 0.500. The molecule has 0 aromatic heterocycles. The van der Waals surface area contributed by atoms with Crippen LogP contribution < -0.4 is 24.8 Å². The molecule has 0 heterocycles. The van der Waals surface area contributed by atoms with Gasteiger partial charge in [-0.05, 0) is 0 Å². The Kier molecular flexibility index (Phi) is 11.9. The van der Waals surface area contributed by atoms with Crippen molar-refractivity contribution in [3.05, 3.63) is 21.5 Å². The molecule has 0 N–H and O–H groups in total. The van der Waals surface area contributed by atoms with Crippen LogP contribution in [0.3, 0.4) is 0 Å². The molecule has 0 aromatic carbocycles. The van der Waals surface area contributed by atoms with Crippen LogP contribution in [0.5, 0.6) is 0 Å². The normalized spacial score (nSPS) is 12.6. The summed E-state index contributed by atoms with van der Waals surface area (Å²) in [5, 5.41) is 0. The second kappa shape index (κ2) is 9.03. The minimum atomic E-state index is -0.0651. The number of halogens is 2. The molecular formula is C8H12Cl2Zr. The van der Waals surface area contributed by atoms with Gasteiger partial charge in [0.2, 0.25) is 0 Å². The summed E-state index contributed by atoms with van der Waals surface area (Å²) in [5.41, 5.74) is 0. The maximum atomic E-state index is 2.32. The predicted octanol–water partition coefficient (Wildman–Crippen LogP) is -3.25. The van der Waals surface area contributed by atoms with Crippen molar-refractivity contribution in [3.63, 3.8) is 0 Å². The van der Waals surface area contributed by atoms with Gasteiger partial charge in [-0.15, -0.1) is 0 Å². The van der Waals surface area contributed by atoms with Crippen LogP contribution in [0, 0.1) is 0 Å². The monoisotopic (exact) mass is 268 g/mol. The smallest absolute Gasteiger partial charge is 1.00 e. The topological polar surface area (TPSA) is 0 Å². The Morgan fingerprint density at radius 2 is 2.18 bits per heavy atom. The molecule has 0 radical (unpaired) electrons. The van der Waals surface area contributed by atoms with Crippen molar-refractivity contribution in [2.24, 2.45) is 0 Å². The van der Waals surface area contributed by atoms with Crippen molar-refractivity contribution in [2.45, 2.75) is 23.9 Å². The predicted molar refractivity (Wildman–Crippen MR) is 36.9 cm³/mol. The first kappa shape index (κ1) is 14.5. The molecule has 3 heteroatoms. The van der Waals surface area contributed by atoms with Gasteiger partial charge in [0.15, 0.2) is 0 Å². The number of allylic oxidation sites excluding steroid dienone is 4. The molecule has 0 aliphatic heterocycles. The summed E-state index contributed by atoms with van der Waals surface area (Å²) in [6.07, 6.45) is 9.47. The van der Waals surface area contributed by atoms with E-state index in [0.717, 1.165) is 0 Å². The zero-order valence-corrected chi connectivity index (χ0v) is 10.6. The van der Waals surface area contributed by atoms with Crippen molar-refractivity contribution >= 4 is 0 Å². The first-order valence-electron chi connectivity index (χ1n) is 3.53. The van der Waals surface area contributed by atoms with Crippen LogP contribution >= 0.6 is 0 Å². The second-order valence-electron chi connectivity index (χ2n) is 2.25. The van der Waals surface area contributed by atoms with Crippen molar-refractivity contribution < 1.29 is 48.0 Å². The molecule has 0 bridgehead atoms. The summed E-state index contributed by atoms with van der Waals surface area (Å²) in [7, 11) is 0. The van der Waals surface area contributed by atoms with Gasteiger partial charge in [-0.2, -0.15) is 0 Å². The van der Waals surface area contributed by atoms with Crippen LogP contribution in [-0.2, 0) is 23.2 Å². The van der Waals surface area contributed by atoms with E-state index in [1.165, 1.54) is 17.0 Å². The van der Waals surface area contributed by atoms with Crippen LogP contribution in [0.15, 0.2) is 21.5 Å². The molecule has 1 aliphatic rings. The Morgan fingerprint density at radius 1 is 1.45 bits per heavy atom. The molecule has 1 aliphatic carbocycles. The van der Waals surface area contributed by atoms with E-state index in [0.29, 0.717) is 0 Å². The SMILES string of the molecule is CC[CH2][Zr+2][C]1=CC=CC1.[Cl-].[Cl-]. The van der Waals surface area contributed by atoms with Crippen molar-refractivity contribution in [1.29, 1.82) is 0 Å². The summed E-state index contributed by atoms with van der Waals surface area (Å²) < 4.78 is 3.30. The molecule has 0 saturated carbocycles. The number of rotatable bonds is 3. The largest absolute Gasteiger partial charge is 1.00 e. The number of hydrogen-bond acceptors (Lipinski definition) is 0. The molecule has 0 fully saturated rings. The molecule has 0 nitrogen and oxygen atoms in total. The van der Waals surface area contributed by atoms with Gasteiger partial charge in [0, 0.05) is 0 Å². The van der Waals surface area contributed by atoms with E-state index in [9.17, 15) is 0 Å². The van der Waals surface area contributed by atoms with Crippen LogP contribution in [0.25, 0.3) is 0 Å². The van der Waals surface area contributed by atoms with Gasteiger partial charge < -0.3 is 24.8 Å². The average molecular weight is 270 g/mol. The zero-order chi connectivity index (χ0) is 6.53. The molecule has 0 unspecified atom stereocenters. The third-order valence-corrected chi connectivity index (χ3v) is 5.24. The van der Waals surface area contributed by atoms with E-state index in [1.807, 2.05) is 0 Å². The molecule has 0 atom stereocenters. The first-order valence-corrected chi connectivity index (χ1v) is 6.49. The van der Waals surface area contributed by atoms with Gasteiger partial charge in [0.1, 0.15) is 0 Å². The second-order valence-corrected chi connectivity index (χ2v) is 5.93. The van der Waals surface area contributed by atoms with Gasteiger partial charge in [0.25, 0.3) is 0 Å². The van der Waals surface area contributed by atoms with Gasteiger partial charge in [-0.25, -0.2) is 0 Å². The van der Waals surface area contributed by atoms with E-state index < -0.39 is 0 Å². The van der Waals surface area contributed by atoms with E-state index in [4.69, 9.17) is 0 Å². The Balaban J connectivity index is 0. The third-order valence-electron chi connectivity index (χ3n) is 1.37. The molecule has 62 valence electrons. The van der Waals surface area contributed by atoms with E-state index in [2.05, 4.69) is 25.2 Å². The first-order chi connectivity index (χ1) is 4.43. The molecule has 0 aromatic rings. The van der Waals surface area contributed by atoms with Crippen molar-refractivity contribution in [2.75, 3.05) is 0 Å². The molecule has 11 heavy (non-hydrogen) atoms. The summed E-state index contributed by atoms with van der Waals surface area (Å²) in [6.45, 7) is 2.28. The Labute approximate surface area is 92.9 Å². The van der Waals surface area contributed by atoms with Crippen LogP contribution in [0.2, 0.25) is 4.13 Å². The van der Waals surface area contributed by atoms with E-state index >= 15 is 0 Å². The summed E-state index contributed by atoms with van der Waals surface area (Å²) in [6, 6.07) is 0. The van der Waals surface area contributed by atoms with Gasteiger partial charge in [-0.1, -0.05) is 0 Å². The molecule has 0 saturated heterocycles. The zero-order valence-electron chi connectivity index (χ0n) is 6.61. The van der Waals surface area contributed by atoms with Crippen LogP contribution in [0.4, 0.5) is 0 Å². The Morgan fingerprint density at radius 3 is 2.64 bits per heavy atom. The van der Waals surface area contributed by atoms with Gasteiger partial charge >= 0.3 is 68.6 Å². The summed E-state index contributed by atoms with van der Waals surface area (Å²) >= 11 is -0.0651. The standard InChI is InChI=1S/C5H5.C3H7.2ClH.Zr/c1-2-4-5-3-1;1-3-2;;;/h1-3H,4H2;1,3H2,2H3;2*1H;/q;;;;+2/p-2. The number of hydrogen-bond donors (Lipinski definition) is 0. The quantitative estimate of drug-likeness (QED) is 0.505. The fourth-order valence-corrected chi connectivity index (χ4v) is 3.44. The van der Waals surface area contributed by atoms with Crippen molar-refractivity contribution in [3.8, 4) is 0 Å². The molecular weight excluding hydrogens is 258 g/mol. The fourth-order valence-electron chi connectivity index (χ4n) is 0.864. The minimum Gasteiger partial charge on any atom is -1.00 e. The Bertz CT molecular complexity index is 141. The molecule has 0 amide bonds. The maximum absolute atomic E-state index is 2.32. The van der Waals surface area contributed by atoms with Gasteiger partial charge in [-0.3, -0.25) is 0 Å². The summed E-state index contributed by atoms with van der Waals surface area (Å²) in [5.74, 6) is 0. The van der Waals surface area contributed by atoms with E-state index in [1.54, 1.807) is 3.28 Å². The minimum absolute atomic E-state index is 0. The molecule has 0 spiro atoms. The van der Waals surface area contributed by atoms with Gasteiger partial charge in [0.05, 0.1) is 0 Å². The average Bonchev–Trinajstić information content (AvgIpc) is 2.34. The summed E-state index contributed by atoms with van der Waals surface area (Å²) in [4.78, 5) is 0. The van der Waals surface area contributed by atoms with Crippen molar-refractivity contribution in [1.82, 2.24) is 0 Å². The van der Waals surface area contributed by atoms with Crippen LogP contribution in [-0.4, -0.2) is 0 Å².